The summed E-state index contributed by atoms with van der Waals surface area (Å²) in [5, 5.41) is 3.06. The molecule has 240 valence electrons. The minimum atomic E-state index is -0.505. The second-order valence-electron chi connectivity index (χ2n) is 12.8. The summed E-state index contributed by atoms with van der Waals surface area (Å²) in [5.74, 6) is -0.328. The maximum Gasteiger partial charge on any atom is 0.410 e. The second kappa shape index (κ2) is 14.8. The molecule has 0 aliphatic carbocycles. The van der Waals surface area contributed by atoms with E-state index in [0.29, 0.717) is 26.1 Å². The van der Waals surface area contributed by atoms with Crippen molar-refractivity contribution in [2.45, 2.75) is 102 Å². The molecule has 4 rings (SSSR count). The highest BCUT2D eigenvalue weighted by Gasteiger charge is 2.51. The molecule has 0 bridgehead atoms. The molecule has 0 aromatic carbocycles. The molecule has 4 heterocycles. The molecule has 4 aliphatic heterocycles. The van der Waals surface area contributed by atoms with Crippen molar-refractivity contribution in [3.05, 3.63) is 36.0 Å². The van der Waals surface area contributed by atoms with Crippen LogP contribution in [0.25, 0.3) is 0 Å². The minimum absolute atomic E-state index is 0.0464. The zero-order valence-corrected chi connectivity index (χ0v) is 26.3. The molecule has 0 radical (unpaired) electrons. The first kappa shape index (κ1) is 33.2. The van der Waals surface area contributed by atoms with E-state index in [9.17, 15) is 14.4 Å². The fourth-order valence-corrected chi connectivity index (χ4v) is 6.06. The Bertz CT molecular complexity index is 1080. The van der Waals surface area contributed by atoms with E-state index >= 15 is 0 Å². The highest BCUT2D eigenvalue weighted by atomic mass is 16.6. The number of hydrogen-bond donors (Lipinski definition) is 2. The van der Waals surface area contributed by atoms with Crippen molar-refractivity contribution in [2.24, 2.45) is 11.7 Å². The number of epoxide rings is 1. The number of hydrogen-bond acceptors (Lipinski definition) is 8. The quantitative estimate of drug-likeness (QED) is 0.221. The van der Waals surface area contributed by atoms with Crippen LogP contribution in [0.5, 0.6) is 0 Å². The molecule has 0 aromatic heterocycles. The number of likely N-dealkylation sites (N-methyl/N-ethyl adjacent to an activating group) is 1. The number of nitrogens with two attached hydrogens (primary N) is 1. The molecular formula is C32H50N4O7. The van der Waals surface area contributed by atoms with Crippen LogP contribution in [0.2, 0.25) is 0 Å². The van der Waals surface area contributed by atoms with Gasteiger partial charge in [-0.1, -0.05) is 30.7 Å². The van der Waals surface area contributed by atoms with Gasteiger partial charge in [0.1, 0.15) is 6.10 Å². The van der Waals surface area contributed by atoms with Gasteiger partial charge in [0.25, 0.3) is 0 Å². The Labute approximate surface area is 255 Å². The van der Waals surface area contributed by atoms with Gasteiger partial charge in [-0.2, -0.15) is 0 Å². The number of primary amides is 1. The number of rotatable bonds is 10. The third-order valence-corrected chi connectivity index (χ3v) is 8.88. The molecule has 3 amide bonds. The lowest BCUT2D eigenvalue weighted by molar-refractivity contribution is -0.125. The molecule has 3 N–H and O–H groups in total. The maximum atomic E-state index is 12.6. The predicted octanol–water partition coefficient (Wildman–Crippen LogP) is 2.70. The average molecular weight is 603 g/mol. The van der Waals surface area contributed by atoms with Crippen molar-refractivity contribution >= 4 is 17.9 Å². The number of carbonyl (C=O) groups excluding carboxylic acids is 3. The van der Waals surface area contributed by atoms with E-state index in [2.05, 4.69) is 36.2 Å². The van der Waals surface area contributed by atoms with Crippen LogP contribution in [0.4, 0.5) is 4.79 Å². The van der Waals surface area contributed by atoms with Gasteiger partial charge in [-0.25, -0.2) is 4.79 Å². The van der Waals surface area contributed by atoms with Gasteiger partial charge in [-0.05, 0) is 52.7 Å². The molecule has 1 spiro atoms. The fourth-order valence-electron chi connectivity index (χ4n) is 6.06. The zero-order chi connectivity index (χ0) is 31.1. The van der Waals surface area contributed by atoms with Gasteiger partial charge in [0.15, 0.2) is 0 Å². The van der Waals surface area contributed by atoms with Gasteiger partial charge in [0.2, 0.25) is 11.8 Å². The minimum Gasteiger partial charge on any atom is -0.442 e. The van der Waals surface area contributed by atoms with Gasteiger partial charge >= 0.3 is 6.09 Å². The van der Waals surface area contributed by atoms with E-state index < -0.39 is 6.10 Å². The molecule has 4 fully saturated rings. The number of amides is 3. The van der Waals surface area contributed by atoms with Crippen molar-refractivity contribution in [3.8, 4) is 0 Å². The van der Waals surface area contributed by atoms with Crippen molar-refractivity contribution in [2.75, 3.05) is 39.8 Å². The molecule has 0 saturated carbocycles. The van der Waals surface area contributed by atoms with Crippen LogP contribution >= 0.6 is 0 Å². The van der Waals surface area contributed by atoms with Crippen molar-refractivity contribution < 1.29 is 33.3 Å². The summed E-state index contributed by atoms with van der Waals surface area (Å²) in [6.07, 6.45) is 11.3. The third kappa shape index (κ3) is 10.2. The van der Waals surface area contributed by atoms with E-state index in [1.54, 1.807) is 17.9 Å². The molecule has 8 atom stereocenters. The van der Waals surface area contributed by atoms with Crippen LogP contribution < -0.4 is 11.1 Å². The lowest BCUT2D eigenvalue weighted by Gasteiger charge is -2.39. The Hall–Kier alpha value is -2.73. The van der Waals surface area contributed by atoms with Gasteiger partial charge < -0.3 is 39.8 Å². The second-order valence-corrected chi connectivity index (χ2v) is 12.8. The standard InChI is InChI=1S/C32H50N4O7/c1-21(6-9-25-18-32(20-40-32)19-26(43-25)17-29(33)37)7-10-28-22(2)16-27(24(4)42-28)34-30(38)11-8-23(3)41-31(39)36-14-12-35(5)13-15-36/h6-9,11,22-28H,10,12-20H2,1-5H3,(H2,33,37)(H,34,38)/t22-,23-,24+,25+,26+,27+,28-,32+/m0/s1. The summed E-state index contributed by atoms with van der Waals surface area (Å²) in [4.78, 5) is 40.3. The lowest BCUT2D eigenvalue weighted by atomic mass is 9.88. The fraction of sp³-hybridized carbons (Fsp3) is 0.719. The number of nitrogens with zero attached hydrogens (tertiary/aromatic N) is 2. The Morgan fingerprint density at radius 3 is 2.51 bits per heavy atom. The van der Waals surface area contributed by atoms with E-state index in [1.807, 2.05) is 20.0 Å². The largest absolute Gasteiger partial charge is 0.442 e. The molecule has 4 saturated heterocycles. The van der Waals surface area contributed by atoms with Crippen LogP contribution in [-0.4, -0.2) is 110 Å². The van der Waals surface area contributed by atoms with Crippen molar-refractivity contribution in [1.82, 2.24) is 15.1 Å². The molecule has 0 aromatic rings. The van der Waals surface area contributed by atoms with Gasteiger partial charge in [0.05, 0.1) is 49.1 Å². The van der Waals surface area contributed by atoms with Crippen LogP contribution in [0.1, 0.15) is 59.8 Å². The highest BCUT2D eigenvalue weighted by Crippen LogP contribution is 2.43. The molecular weight excluding hydrogens is 552 g/mol. The number of carbonyl (C=O) groups is 3. The SMILES string of the molecule is CC(C=C[C@@H]1C[C@]2(CO2)C[C@@H](CC(N)=O)O1)=CC[C@@H]1O[C@H](C)[C@H](NC(=O)C=C[C@H](C)OC(=O)N2CCN(C)CC2)C[C@@H]1C. The van der Waals surface area contributed by atoms with Gasteiger partial charge in [-0.3, -0.25) is 9.59 Å². The monoisotopic (exact) mass is 602 g/mol. The Kier molecular flexibility index (Phi) is 11.4. The number of allylic oxidation sites excluding steroid dienone is 2. The number of nitrogens with one attached hydrogen (secondary N) is 1. The van der Waals surface area contributed by atoms with Crippen LogP contribution in [-0.2, 0) is 28.5 Å². The summed E-state index contributed by atoms with van der Waals surface area (Å²) < 4.78 is 23.6. The lowest BCUT2D eigenvalue weighted by Crippen LogP contribution is -2.50. The van der Waals surface area contributed by atoms with Crippen molar-refractivity contribution in [1.29, 1.82) is 0 Å². The molecule has 0 unspecified atom stereocenters. The third-order valence-electron chi connectivity index (χ3n) is 8.88. The smallest absolute Gasteiger partial charge is 0.410 e. The van der Waals surface area contributed by atoms with Crippen LogP contribution in [0.15, 0.2) is 36.0 Å². The van der Waals surface area contributed by atoms with Crippen LogP contribution in [0.3, 0.4) is 0 Å². The van der Waals surface area contributed by atoms with Gasteiger partial charge in [-0.15, -0.1) is 0 Å². The predicted molar refractivity (Wildman–Crippen MR) is 162 cm³/mol. The summed E-state index contributed by atoms with van der Waals surface area (Å²) in [7, 11) is 2.03. The molecule has 11 nitrogen and oxygen atoms in total. The van der Waals surface area contributed by atoms with Crippen molar-refractivity contribution in [3.63, 3.8) is 0 Å². The first-order valence-electron chi connectivity index (χ1n) is 15.6. The van der Waals surface area contributed by atoms with E-state index in [4.69, 9.17) is 24.7 Å². The van der Waals surface area contributed by atoms with Crippen LogP contribution in [0, 0.1) is 5.92 Å². The van der Waals surface area contributed by atoms with E-state index in [0.717, 1.165) is 37.9 Å². The van der Waals surface area contributed by atoms with E-state index in [1.165, 1.54) is 6.08 Å². The topological polar surface area (TPSA) is 136 Å². The first-order chi connectivity index (χ1) is 20.4. The first-order valence-corrected chi connectivity index (χ1v) is 15.6. The average Bonchev–Trinajstić information content (AvgIpc) is 3.68. The Balaban J connectivity index is 1.19. The molecule has 43 heavy (non-hydrogen) atoms. The highest BCUT2D eigenvalue weighted by molar-refractivity contribution is 5.87. The van der Waals surface area contributed by atoms with Gasteiger partial charge in [0, 0.05) is 45.1 Å². The number of ether oxygens (including phenoxy) is 4. The Morgan fingerprint density at radius 2 is 1.84 bits per heavy atom. The normalized spacial score (nSPS) is 34.4. The summed E-state index contributed by atoms with van der Waals surface area (Å²) in [6, 6.07) is -0.106. The van der Waals surface area contributed by atoms with E-state index in [-0.39, 0.29) is 66.3 Å². The summed E-state index contributed by atoms with van der Waals surface area (Å²) >= 11 is 0. The summed E-state index contributed by atoms with van der Waals surface area (Å²) in [6.45, 7) is 11.6. The Morgan fingerprint density at radius 1 is 1.12 bits per heavy atom. The zero-order valence-electron chi connectivity index (χ0n) is 26.3. The molecule has 4 aliphatic rings. The summed E-state index contributed by atoms with van der Waals surface area (Å²) in [5.41, 5.74) is 6.33. The number of piperazine rings is 1. The maximum absolute atomic E-state index is 12.6. The molecule has 11 heteroatoms.